The molecule has 5 heteroatoms. The fourth-order valence-corrected chi connectivity index (χ4v) is 2.50. The van der Waals surface area contributed by atoms with E-state index in [9.17, 15) is 4.79 Å². The molecule has 2 aromatic rings. The van der Waals surface area contributed by atoms with Gasteiger partial charge in [-0.25, -0.2) is 4.79 Å². The van der Waals surface area contributed by atoms with Crippen molar-refractivity contribution in [3.63, 3.8) is 0 Å². The van der Waals surface area contributed by atoms with Crippen molar-refractivity contribution >= 4 is 34.3 Å². The minimum Gasteiger partial charge on any atom is -0.452 e. The SMILES string of the molecule is COC(=O)N1CCc2cnc3ccc(Cl)cc3c21. The predicted octanol–water partition coefficient (Wildman–Crippen LogP) is 3.02. The second kappa shape index (κ2) is 4.14. The van der Waals surface area contributed by atoms with Crippen molar-refractivity contribution < 1.29 is 9.53 Å². The lowest BCUT2D eigenvalue weighted by Gasteiger charge is -2.17. The zero-order valence-electron chi connectivity index (χ0n) is 9.81. The molecule has 0 radical (unpaired) electrons. The molecule has 0 N–H and O–H groups in total. The number of carbonyl (C=O) groups is 1. The van der Waals surface area contributed by atoms with Crippen molar-refractivity contribution in [1.82, 2.24) is 4.98 Å². The van der Waals surface area contributed by atoms with Crippen molar-refractivity contribution in [1.29, 1.82) is 0 Å². The first-order valence-corrected chi connectivity index (χ1v) is 6.01. The highest BCUT2D eigenvalue weighted by Gasteiger charge is 2.27. The van der Waals surface area contributed by atoms with Crippen LogP contribution < -0.4 is 4.90 Å². The Kier molecular flexibility index (Phi) is 2.59. The number of pyridine rings is 1. The zero-order chi connectivity index (χ0) is 12.7. The molecule has 4 nitrogen and oxygen atoms in total. The number of nitrogens with zero attached hydrogens (tertiary/aromatic N) is 2. The number of benzene rings is 1. The maximum Gasteiger partial charge on any atom is 0.414 e. The summed E-state index contributed by atoms with van der Waals surface area (Å²) in [5, 5.41) is 1.53. The van der Waals surface area contributed by atoms with Crippen molar-refractivity contribution in [3.05, 3.63) is 35.0 Å². The second-order valence-electron chi connectivity index (χ2n) is 4.17. The minimum atomic E-state index is -0.346. The predicted molar refractivity (Wildman–Crippen MR) is 70.2 cm³/mol. The second-order valence-corrected chi connectivity index (χ2v) is 4.60. The quantitative estimate of drug-likeness (QED) is 0.733. The summed E-state index contributed by atoms with van der Waals surface area (Å²) < 4.78 is 4.80. The molecule has 1 aromatic heterocycles. The van der Waals surface area contributed by atoms with Crippen LogP contribution in [-0.4, -0.2) is 24.7 Å². The number of methoxy groups -OCH3 is 1. The van der Waals surface area contributed by atoms with Crippen LogP contribution in [-0.2, 0) is 11.2 Å². The molecule has 1 amide bonds. The van der Waals surface area contributed by atoms with Gasteiger partial charge in [0.05, 0.1) is 18.3 Å². The number of anilines is 1. The van der Waals surface area contributed by atoms with Crippen LogP contribution in [0.1, 0.15) is 5.56 Å². The first-order valence-electron chi connectivity index (χ1n) is 5.63. The normalized spacial score (nSPS) is 13.8. The van der Waals surface area contributed by atoms with Crippen LogP contribution in [0.4, 0.5) is 10.5 Å². The summed E-state index contributed by atoms with van der Waals surface area (Å²) in [6.45, 7) is 0.620. The van der Waals surface area contributed by atoms with Gasteiger partial charge in [0.25, 0.3) is 0 Å². The summed E-state index contributed by atoms with van der Waals surface area (Å²) >= 11 is 6.02. The van der Waals surface area contributed by atoms with E-state index in [4.69, 9.17) is 16.3 Å². The third-order valence-corrected chi connectivity index (χ3v) is 3.38. The van der Waals surface area contributed by atoms with E-state index in [-0.39, 0.29) is 6.09 Å². The Hall–Kier alpha value is -1.81. The summed E-state index contributed by atoms with van der Waals surface area (Å²) in [6, 6.07) is 5.48. The Morgan fingerprint density at radius 1 is 1.50 bits per heavy atom. The van der Waals surface area contributed by atoms with E-state index in [0.717, 1.165) is 28.6 Å². The summed E-state index contributed by atoms with van der Waals surface area (Å²) in [5.74, 6) is 0. The van der Waals surface area contributed by atoms with Crippen LogP contribution >= 0.6 is 11.6 Å². The molecule has 2 heterocycles. The lowest BCUT2D eigenvalue weighted by Crippen LogP contribution is -2.28. The molecule has 0 spiro atoms. The van der Waals surface area contributed by atoms with Gasteiger partial charge in [0.1, 0.15) is 0 Å². The molecule has 0 fully saturated rings. The molecule has 1 aliphatic heterocycles. The van der Waals surface area contributed by atoms with E-state index in [1.807, 2.05) is 18.3 Å². The zero-order valence-corrected chi connectivity index (χ0v) is 10.6. The van der Waals surface area contributed by atoms with Gasteiger partial charge in [-0.15, -0.1) is 0 Å². The Labute approximate surface area is 109 Å². The number of halogens is 1. The van der Waals surface area contributed by atoms with Gasteiger partial charge in [0, 0.05) is 23.2 Å². The van der Waals surface area contributed by atoms with E-state index in [1.54, 1.807) is 11.0 Å². The average molecular weight is 263 g/mol. The highest BCUT2D eigenvalue weighted by molar-refractivity contribution is 6.31. The Bertz CT molecular complexity index is 642. The van der Waals surface area contributed by atoms with Gasteiger partial charge in [-0.05, 0) is 30.2 Å². The summed E-state index contributed by atoms with van der Waals surface area (Å²) in [6.07, 6.45) is 2.26. The summed E-state index contributed by atoms with van der Waals surface area (Å²) in [5.41, 5.74) is 2.75. The number of amides is 1. The topological polar surface area (TPSA) is 42.4 Å². The number of aromatic nitrogens is 1. The summed E-state index contributed by atoms with van der Waals surface area (Å²) in [4.78, 5) is 17.8. The smallest absolute Gasteiger partial charge is 0.414 e. The highest BCUT2D eigenvalue weighted by atomic mass is 35.5. The number of hydrogen-bond donors (Lipinski definition) is 0. The van der Waals surface area contributed by atoms with Crippen LogP contribution in [0.5, 0.6) is 0 Å². The number of fused-ring (bicyclic) bond motifs is 3. The van der Waals surface area contributed by atoms with E-state index in [1.165, 1.54) is 7.11 Å². The Morgan fingerprint density at radius 2 is 2.33 bits per heavy atom. The van der Waals surface area contributed by atoms with E-state index < -0.39 is 0 Å². The van der Waals surface area contributed by atoms with Crippen LogP contribution in [0.15, 0.2) is 24.4 Å². The fourth-order valence-electron chi connectivity index (χ4n) is 2.33. The van der Waals surface area contributed by atoms with Gasteiger partial charge in [-0.3, -0.25) is 9.88 Å². The third kappa shape index (κ3) is 1.61. The average Bonchev–Trinajstić information content (AvgIpc) is 2.82. The van der Waals surface area contributed by atoms with Crippen LogP contribution in [0.2, 0.25) is 5.02 Å². The number of rotatable bonds is 0. The molecule has 1 aromatic carbocycles. The maximum atomic E-state index is 11.8. The molecule has 0 unspecified atom stereocenters. The van der Waals surface area contributed by atoms with Crippen LogP contribution in [0, 0.1) is 0 Å². The third-order valence-electron chi connectivity index (χ3n) is 3.15. The van der Waals surface area contributed by atoms with E-state index in [2.05, 4.69) is 4.98 Å². The van der Waals surface area contributed by atoms with Crippen molar-refractivity contribution in [2.45, 2.75) is 6.42 Å². The molecule has 0 atom stereocenters. The molecule has 0 saturated heterocycles. The van der Waals surface area contributed by atoms with Crippen LogP contribution in [0.3, 0.4) is 0 Å². The molecular formula is C13H11ClN2O2. The standard InChI is InChI=1S/C13H11ClN2O2/c1-18-13(17)16-5-4-8-7-15-11-3-2-9(14)6-10(11)12(8)16/h2-3,6-7H,4-5H2,1H3. The Morgan fingerprint density at radius 3 is 3.11 bits per heavy atom. The van der Waals surface area contributed by atoms with Gasteiger partial charge in [-0.2, -0.15) is 0 Å². The monoisotopic (exact) mass is 262 g/mol. The number of ether oxygens (including phenoxy) is 1. The van der Waals surface area contributed by atoms with E-state index >= 15 is 0 Å². The van der Waals surface area contributed by atoms with Gasteiger partial charge in [-0.1, -0.05) is 11.6 Å². The lowest BCUT2D eigenvalue weighted by atomic mass is 10.1. The molecule has 0 bridgehead atoms. The van der Waals surface area contributed by atoms with Gasteiger partial charge < -0.3 is 4.74 Å². The van der Waals surface area contributed by atoms with Crippen molar-refractivity contribution in [2.24, 2.45) is 0 Å². The molecule has 1 aliphatic rings. The van der Waals surface area contributed by atoms with Crippen molar-refractivity contribution in [2.75, 3.05) is 18.6 Å². The Balaban J connectivity index is 2.26. The maximum absolute atomic E-state index is 11.8. The molecule has 0 aliphatic carbocycles. The van der Waals surface area contributed by atoms with Crippen molar-refractivity contribution in [3.8, 4) is 0 Å². The summed E-state index contributed by atoms with van der Waals surface area (Å²) in [7, 11) is 1.39. The highest BCUT2D eigenvalue weighted by Crippen LogP contribution is 2.35. The molecule has 18 heavy (non-hydrogen) atoms. The minimum absolute atomic E-state index is 0.346. The molecular weight excluding hydrogens is 252 g/mol. The first-order chi connectivity index (χ1) is 8.70. The fraction of sp³-hybridized carbons (Fsp3) is 0.231. The van der Waals surface area contributed by atoms with E-state index in [0.29, 0.717) is 11.6 Å². The number of carbonyl (C=O) groups excluding carboxylic acids is 1. The molecule has 92 valence electrons. The lowest BCUT2D eigenvalue weighted by molar-refractivity contribution is 0.179. The largest absolute Gasteiger partial charge is 0.452 e. The molecule has 0 saturated carbocycles. The first kappa shape index (κ1) is 11.3. The molecule has 3 rings (SSSR count). The van der Waals surface area contributed by atoms with Gasteiger partial charge in [0.15, 0.2) is 0 Å². The van der Waals surface area contributed by atoms with Crippen LogP contribution in [0.25, 0.3) is 10.9 Å². The van der Waals surface area contributed by atoms with Gasteiger partial charge >= 0.3 is 6.09 Å². The number of hydrogen-bond acceptors (Lipinski definition) is 3. The van der Waals surface area contributed by atoms with Gasteiger partial charge in [0.2, 0.25) is 0 Å².